The predicted molar refractivity (Wildman–Crippen MR) is 42.9 cm³/mol. The summed E-state index contributed by atoms with van der Waals surface area (Å²) in [6, 6.07) is 0. The van der Waals surface area contributed by atoms with Crippen LogP contribution in [0.4, 0.5) is 0 Å². The number of nitrogens with one attached hydrogen (secondary N) is 1. The predicted octanol–water partition coefficient (Wildman–Crippen LogP) is 1.41. The fraction of sp³-hybridized carbons (Fsp3) is 0.250. The molecule has 0 amide bonds. The fourth-order valence-electron chi connectivity index (χ4n) is 0.895. The van der Waals surface area contributed by atoms with Crippen molar-refractivity contribution in [1.29, 1.82) is 0 Å². The van der Waals surface area contributed by atoms with Crippen molar-refractivity contribution < 1.29 is 0 Å². The molecule has 0 fully saturated rings. The van der Waals surface area contributed by atoms with Crippen LogP contribution in [0, 0.1) is 0 Å². The fourth-order valence-corrected chi connectivity index (χ4v) is 0.895. The van der Waals surface area contributed by atoms with Gasteiger partial charge in [0.25, 0.3) is 0 Å². The molecule has 2 nitrogen and oxygen atoms in total. The van der Waals surface area contributed by atoms with E-state index in [9.17, 15) is 0 Å². The molecule has 0 saturated carbocycles. The minimum Gasteiger partial charge on any atom is -0.285 e. The quantitative estimate of drug-likeness (QED) is 0.586. The molecule has 0 aromatic rings. The zero-order valence-electron chi connectivity index (χ0n) is 6.33. The van der Waals surface area contributed by atoms with Gasteiger partial charge < -0.3 is 0 Å². The van der Waals surface area contributed by atoms with Gasteiger partial charge in [-0.05, 0) is 19.1 Å². The Hall–Kier alpha value is -1.02. The van der Waals surface area contributed by atoms with E-state index in [0.29, 0.717) is 0 Å². The normalized spacial score (nSPS) is 20.6. The van der Waals surface area contributed by atoms with Crippen LogP contribution in [-0.4, -0.2) is 12.1 Å². The topological polar surface area (TPSA) is 15.3 Å². The molecule has 1 aliphatic rings. The van der Waals surface area contributed by atoms with Gasteiger partial charge in [-0.1, -0.05) is 12.2 Å². The van der Waals surface area contributed by atoms with E-state index in [0.717, 1.165) is 0 Å². The number of rotatable bonds is 1. The van der Waals surface area contributed by atoms with Crippen LogP contribution in [0.3, 0.4) is 0 Å². The van der Waals surface area contributed by atoms with Gasteiger partial charge in [-0.2, -0.15) is 0 Å². The first-order valence-corrected chi connectivity index (χ1v) is 3.36. The first-order valence-electron chi connectivity index (χ1n) is 3.36. The van der Waals surface area contributed by atoms with E-state index < -0.39 is 0 Å². The molecule has 0 spiro atoms. The Bertz CT molecular complexity index is 189. The molecule has 0 saturated heterocycles. The first-order chi connectivity index (χ1) is 4.88. The number of hydrogen-bond donors (Lipinski definition) is 1. The van der Waals surface area contributed by atoms with Crippen LogP contribution in [0.1, 0.15) is 6.92 Å². The molecule has 0 aromatic heterocycles. The second-order valence-electron chi connectivity index (χ2n) is 2.01. The summed E-state index contributed by atoms with van der Waals surface area (Å²) in [5, 5.41) is 1.96. The van der Waals surface area contributed by atoms with E-state index in [4.69, 9.17) is 0 Å². The van der Waals surface area contributed by atoms with E-state index in [1.165, 1.54) is 5.70 Å². The van der Waals surface area contributed by atoms with E-state index in [2.05, 4.69) is 17.6 Å². The molecule has 0 bridgehead atoms. The van der Waals surface area contributed by atoms with Gasteiger partial charge in [-0.15, -0.1) is 0 Å². The maximum atomic E-state index is 3.03. The highest BCUT2D eigenvalue weighted by Gasteiger charge is 2.00. The summed E-state index contributed by atoms with van der Waals surface area (Å²) in [6.45, 7) is 2.02. The highest BCUT2D eigenvalue weighted by molar-refractivity contribution is 5.26. The van der Waals surface area contributed by atoms with Crippen molar-refractivity contribution in [2.45, 2.75) is 6.92 Å². The Morgan fingerprint density at radius 1 is 1.50 bits per heavy atom. The minimum absolute atomic E-state index is 1.17. The van der Waals surface area contributed by atoms with Gasteiger partial charge in [-0.25, -0.2) is 5.43 Å². The Kier molecular flexibility index (Phi) is 2.29. The van der Waals surface area contributed by atoms with Crippen LogP contribution in [0.2, 0.25) is 0 Å². The maximum absolute atomic E-state index is 3.03. The highest BCUT2D eigenvalue weighted by Crippen LogP contribution is 2.07. The summed E-state index contributed by atoms with van der Waals surface area (Å²) >= 11 is 0. The van der Waals surface area contributed by atoms with Gasteiger partial charge >= 0.3 is 0 Å². The van der Waals surface area contributed by atoms with E-state index in [1.54, 1.807) is 0 Å². The third kappa shape index (κ3) is 1.28. The van der Waals surface area contributed by atoms with E-state index in [1.807, 2.05) is 37.3 Å². The largest absolute Gasteiger partial charge is 0.285 e. The molecule has 2 heteroatoms. The molecule has 1 heterocycles. The van der Waals surface area contributed by atoms with Crippen molar-refractivity contribution in [1.82, 2.24) is 10.4 Å². The van der Waals surface area contributed by atoms with E-state index >= 15 is 0 Å². The summed E-state index contributed by atoms with van der Waals surface area (Å²) in [6.07, 6.45) is 10.1. The lowest BCUT2D eigenvalue weighted by atomic mass is 10.3. The number of nitrogens with zero attached hydrogens (tertiary/aromatic N) is 1. The summed E-state index contributed by atoms with van der Waals surface area (Å²) in [5.74, 6) is 0. The molecule has 0 atom stereocenters. The summed E-state index contributed by atoms with van der Waals surface area (Å²) in [4.78, 5) is 0. The maximum Gasteiger partial charge on any atom is 0.0527 e. The zero-order valence-corrected chi connectivity index (χ0v) is 6.33. The van der Waals surface area contributed by atoms with Crippen LogP contribution in [0.25, 0.3) is 0 Å². The molecular weight excluding hydrogens is 124 g/mol. The first kappa shape index (κ1) is 7.09. The average Bonchev–Trinajstić information content (AvgIpc) is 2.04. The Morgan fingerprint density at radius 3 is 2.80 bits per heavy atom. The van der Waals surface area contributed by atoms with Gasteiger partial charge in [0.05, 0.1) is 5.70 Å². The lowest BCUT2D eigenvalue weighted by Gasteiger charge is -2.21. The number of hydrogen-bond acceptors (Lipinski definition) is 2. The van der Waals surface area contributed by atoms with Crippen molar-refractivity contribution in [3.05, 3.63) is 36.2 Å². The molecule has 0 aliphatic carbocycles. The van der Waals surface area contributed by atoms with E-state index in [-0.39, 0.29) is 0 Å². The third-order valence-corrected chi connectivity index (χ3v) is 1.43. The standard InChI is InChI=1S/C8H12N2/c1-3-8-6-4-5-7-10(8)9-2/h3-7,9H,1-2H3/b8-3-. The smallest absolute Gasteiger partial charge is 0.0527 e. The Balaban J connectivity index is 2.74. The average molecular weight is 136 g/mol. The second-order valence-corrected chi connectivity index (χ2v) is 2.01. The second kappa shape index (κ2) is 3.22. The zero-order chi connectivity index (χ0) is 7.40. The lowest BCUT2D eigenvalue weighted by Crippen LogP contribution is -2.29. The van der Waals surface area contributed by atoms with Crippen LogP contribution in [0.15, 0.2) is 36.2 Å². The molecular formula is C8H12N2. The molecule has 1 N–H and O–H groups in total. The Morgan fingerprint density at radius 2 is 2.30 bits per heavy atom. The van der Waals surface area contributed by atoms with Crippen LogP contribution < -0.4 is 5.43 Å². The molecule has 10 heavy (non-hydrogen) atoms. The van der Waals surface area contributed by atoms with Crippen molar-refractivity contribution >= 4 is 0 Å². The third-order valence-electron chi connectivity index (χ3n) is 1.43. The van der Waals surface area contributed by atoms with Crippen LogP contribution in [-0.2, 0) is 0 Å². The van der Waals surface area contributed by atoms with Gasteiger partial charge in [0.1, 0.15) is 0 Å². The summed E-state index contributed by atoms with van der Waals surface area (Å²) in [7, 11) is 1.90. The molecule has 0 radical (unpaired) electrons. The summed E-state index contributed by atoms with van der Waals surface area (Å²) < 4.78 is 0. The van der Waals surface area contributed by atoms with Gasteiger partial charge in [0, 0.05) is 13.2 Å². The SMILES string of the molecule is C/C=C1/C=CC=CN1NC. The Labute approximate surface area is 61.5 Å². The van der Waals surface area contributed by atoms with Crippen molar-refractivity contribution in [3.63, 3.8) is 0 Å². The van der Waals surface area contributed by atoms with Crippen molar-refractivity contribution in [2.24, 2.45) is 0 Å². The molecule has 1 aliphatic heterocycles. The van der Waals surface area contributed by atoms with Crippen LogP contribution in [0.5, 0.6) is 0 Å². The number of hydrazine groups is 1. The van der Waals surface area contributed by atoms with Crippen molar-refractivity contribution in [3.8, 4) is 0 Å². The molecule has 0 aromatic carbocycles. The van der Waals surface area contributed by atoms with Gasteiger partial charge in [0.15, 0.2) is 0 Å². The monoisotopic (exact) mass is 136 g/mol. The highest BCUT2D eigenvalue weighted by atomic mass is 15.5. The van der Waals surface area contributed by atoms with Crippen LogP contribution >= 0.6 is 0 Å². The molecule has 1 rings (SSSR count). The molecule has 54 valence electrons. The van der Waals surface area contributed by atoms with Gasteiger partial charge in [-0.3, -0.25) is 5.01 Å². The minimum atomic E-state index is 1.17. The summed E-state index contributed by atoms with van der Waals surface area (Å²) in [5.41, 5.74) is 4.20. The van der Waals surface area contributed by atoms with Gasteiger partial charge in [0.2, 0.25) is 0 Å². The number of allylic oxidation sites excluding steroid dienone is 4. The lowest BCUT2D eigenvalue weighted by molar-refractivity contribution is 0.382. The molecule has 0 unspecified atom stereocenters. The van der Waals surface area contributed by atoms with Crippen molar-refractivity contribution in [2.75, 3.05) is 7.05 Å².